The number of benzene rings is 1. The molecule has 0 atom stereocenters. The topological polar surface area (TPSA) is 42.0 Å². The van der Waals surface area contributed by atoms with Gasteiger partial charge in [0, 0.05) is 17.4 Å². The number of pyridine rings is 1. The van der Waals surface area contributed by atoms with Crippen molar-refractivity contribution in [2.24, 2.45) is 0 Å². The molecule has 0 unspecified atom stereocenters. The Labute approximate surface area is 113 Å². The van der Waals surface area contributed by atoms with Gasteiger partial charge in [-0.05, 0) is 24.3 Å². The fraction of sp³-hybridized carbons (Fsp3) is 0. The van der Waals surface area contributed by atoms with Gasteiger partial charge in [0.15, 0.2) is 0 Å². The fourth-order valence-electron chi connectivity index (χ4n) is 1.34. The van der Waals surface area contributed by atoms with Crippen molar-refractivity contribution in [3.8, 4) is 0 Å². The number of rotatable bonds is 2. The summed E-state index contributed by atoms with van der Waals surface area (Å²) >= 11 is 11.5. The first-order chi connectivity index (χ1) is 8.58. The van der Waals surface area contributed by atoms with Crippen molar-refractivity contribution in [2.75, 3.05) is 5.32 Å². The van der Waals surface area contributed by atoms with E-state index in [9.17, 15) is 9.18 Å². The van der Waals surface area contributed by atoms with E-state index in [0.717, 1.165) is 0 Å². The second kappa shape index (κ2) is 5.33. The highest BCUT2D eigenvalue weighted by molar-refractivity contribution is 6.34. The highest BCUT2D eigenvalue weighted by atomic mass is 35.5. The van der Waals surface area contributed by atoms with Gasteiger partial charge in [-0.2, -0.15) is 0 Å². The average Bonchev–Trinajstić information content (AvgIpc) is 2.34. The first-order valence-electron chi connectivity index (χ1n) is 4.94. The van der Waals surface area contributed by atoms with E-state index in [1.165, 1.54) is 36.7 Å². The molecule has 0 radical (unpaired) electrons. The lowest BCUT2D eigenvalue weighted by Crippen LogP contribution is -2.13. The zero-order valence-corrected chi connectivity index (χ0v) is 10.5. The number of hydrogen-bond donors (Lipinski definition) is 1. The molecule has 0 saturated heterocycles. The van der Waals surface area contributed by atoms with E-state index < -0.39 is 11.7 Å². The third-order valence-electron chi connectivity index (χ3n) is 2.19. The Morgan fingerprint density at radius 3 is 2.78 bits per heavy atom. The van der Waals surface area contributed by atoms with E-state index in [4.69, 9.17) is 23.2 Å². The van der Waals surface area contributed by atoms with E-state index in [0.29, 0.717) is 5.02 Å². The molecular formula is C12H7Cl2FN2O. The van der Waals surface area contributed by atoms with Crippen molar-refractivity contribution in [3.63, 3.8) is 0 Å². The number of hydrogen-bond acceptors (Lipinski definition) is 2. The lowest BCUT2D eigenvalue weighted by atomic mass is 10.2. The molecule has 2 rings (SSSR count). The van der Waals surface area contributed by atoms with Crippen molar-refractivity contribution in [1.82, 2.24) is 4.98 Å². The number of carbonyl (C=O) groups excluding carboxylic acids is 1. The number of carbonyl (C=O) groups is 1. The molecule has 0 bridgehead atoms. The van der Waals surface area contributed by atoms with Crippen LogP contribution in [0.1, 0.15) is 10.4 Å². The minimum absolute atomic E-state index is 0.000351. The van der Waals surface area contributed by atoms with Crippen LogP contribution in [0.4, 0.5) is 10.1 Å². The van der Waals surface area contributed by atoms with Crippen molar-refractivity contribution >= 4 is 34.8 Å². The van der Waals surface area contributed by atoms with Crippen LogP contribution < -0.4 is 5.32 Å². The van der Waals surface area contributed by atoms with Crippen LogP contribution in [0.3, 0.4) is 0 Å². The fourth-order valence-corrected chi connectivity index (χ4v) is 1.72. The van der Waals surface area contributed by atoms with Crippen LogP contribution in [-0.4, -0.2) is 10.9 Å². The second-order valence-corrected chi connectivity index (χ2v) is 4.28. The monoisotopic (exact) mass is 284 g/mol. The highest BCUT2D eigenvalue weighted by Gasteiger charge is 2.12. The second-order valence-electron chi connectivity index (χ2n) is 3.43. The van der Waals surface area contributed by atoms with Crippen molar-refractivity contribution in [3.05, 3.63) is 58.1 Å². The molecule has 1 N–H and O–H groups in total. The SMILES string of the molecule is O=C(Nc1cc(Cl)ccc1F)c1ccncc1Cl. The van der Waals surface area contributed by atoms with E-state index >= 15 is 0 Å². The number of nitrogens with zero attached hydrogens (tertiary/aromatic N) is 1. The maximum atomic E-state index is 13.4. The predicted molar refractivity (Wildman–Crippen MR) is 68.6 cm³/mol. The van der Waals surface area contributed by atoms with Gasteiger partial charge in [-0.1, -0.05) is 23.2 Å². The predicted octanol–water partition coefficient (Wildman–Crippen LogP) is 3.78. The quantitative estimate of drug-likeness (QED) is 0.912. The molecule has 1 aromatic carbocycles. The lowest BCUT2D eigenvalue weighted by Gasteiger charge is -2.07. The minimum Gasteiger partial charge on any atom is -0.319 e. The Kier molecular flexibility index (Phi) is 3.79. The van der Waals surface area contributed by atoms with Gasteiger partial charge in [-0.3, -0.25) is 9.78 Å². The first kappa shape index (κ1) is 12.8. The summed E-state index contributed by atoms with van der Waals surface area (Å²) in [6.07, 6.45) is 2.76. The number of nitrogens with one attached hydrogen (secondary N) is 1. The van der Waals surface area contributed by atoms with Crippen molar-refractivity contribution in [2.45, 2.75) is 0 Å². The minimum atomic E-state index is -0.571. The molecule has 0 aliphatic heterocycles. The number of halogens is 3. The largest absolute Gasteiger partial charge is 0.319 e. The Morgan fingerprint density at radius 1 is 1.28 bits per heavy atom. The van der Waals surface area contributed by atoms with E-state index in [2.05, 4.69) is 10.3 Å². The van der Waals surface area contributed by atoms with Crippen LogP contribution in [-0.2, 0) is 0 Å². The van der Waals surface area contributed by atoms with Gasteiger partial charge >= 0.3 is 0 Å². The van der Waals surface area contributed by atoms with E-state index in [1.807, 2.05) is 0 Å². The normalized spacial score (nSPS) is 10.2. The van der Waals surface area contributed by atoms with Gasteiger partial charge in [0.1, 0.15) is 5.82 Å². The van der Waals surface area contributed by atoms with Gasteiger partial charge in [0.2, 0.25) is 0 Å². The van der Waals surface area contributed by atoms with Gasteiger partial charge in [-0.15, -0.1) is 0 Å². The van der Waals surface area contributed by atoms with Crippen molar-refractivity contribution < 1.29 is 9.18 Å². The van der Waals surface area contributed by atoms with Gasteiger partial charge in [0.25, 0.3) is 5.91 Å². The molecule has 1 amide bonds. The molecule has 0 fully saturated rings. The average molecular weight is 285 g/mol. The Hall–Kier alpha value is -1.65. The van der Waals surface area contributed by atoms with Crippen molar-refractivity contribution in [1.29, 1.82) is 0 Å². The van der Waals surface area contributed by atoms with Gasteiger partial charge in [-0.25, -0.2) is 4.39 Å². The standard InChI is InChI=1S/C12H7Cl2FN2O/c13-7-1-2-10(15)11(5-7)17-12(18)8-3-4-16-6-9(8)14/h1-6H,(H,17,18). The molecule has 2 aromatic rings. The van der Waals surface area contributed by atoms with Crippen LogP contribution in [0.2, 0.25) is 10.0 Å². The summed E-state index contributed by atoms with van der Waals surface area (Å²) in [5.74, 6) is -1.10. The van der Waals surface area contributed by atoms with Crippen LogP contribution >= 0.6 is 23.2 Å². The molecule has 0 aliphatic rings. The molecule has 0 saturated carbocycles. The Bertz CT molecular complexity index is 604. The maximum Gasteiger partial charge on any atom is 0.257 e. The third-order valence-corrected chi connectivity index (χ3v) is 2.73. The number of anilines is 1. The summed E-state index contributed by atoms with van der Waals surface area (Å²) in [7, 11) is 0. The molecule has 92 valence electrons. The lowest BCUT2D eigenvalue weighted by molar-refractivity contribution is 0.102. The number of aromatic nitrogens is 1. The zero-order chi connectivity index (χ0) is 13.1. The van der Waals surface area contributed by atoms with E-state index in [1.54, 1.807) is 0 Å². The summed E-state index contributed by atoms with van der Waals surface area (Å²) < 4.78 is 13.4. The number of amides is 1. The highest BCUT2D eigenvalue weighted by Crippen LogP contribution is 2.21. The Morgan fingerprint density at radius 2 is 2.06 bits per heavy atom. The smallest absolute Gasteiger partial charge is 0.257 e. The third kappa shape index (κ3) is 2.78. The molecule has 1 aromatic heterocycles. The van der Waals surface area contributed by atoms with Crippen LogP contribution in [0, 0.1) is 5.82 Å². The molecule has 18 heavy (non-hydrogen) atoms. The first-order valence-corrected chi connectivity index (χ1v) is 5.69. The summed E-state index contributed by atoms with van der Waals surface area (Å²) in [5.41, 5.74) is 0.214. The van der Waals surface area contributed by atoms with Crippen LogP contribution in [0.15, 0.2) is 36.7 Å². The molecular weight excluding hydrogens is 278 g/mol. The van der Waals surface area contributed by atoms with E-state index in [-0.39, 0.29) is 16.3 Å². The zero-order valence-electron chi connectivity index (χ0n) is 8.95. The molecule has 0 aliphatic carbocycles. The molecule has 6 heteroatoms. The summed E-state index contributed by atoms with van der Waals surface area (Å²) in [6, 6.07) is 5.34. The van der Waals surface area contributed by atoms with Gasteiger partial charge < -0.3 is 5.32 Å². The molecule has 0 spiro atoms. The summed E-state index contributed by atoms with van der Waals surface area (Å²) in [5, 5.41) is 2.92. The maximum absolute atomic E-state index is 13.4. The van der Waals surface area contributed by atoms with Crippen LogP contribution in [0.25, 0.3) is 0 Å². The van der Waals surface area contributed by atoms with Gasteiger partial charge in [0.05, 0.1) is 16.3 Å². The summed E-state index contributed by atoms with van der Waals surface area (Å²) in [6.45, 7) is 0. The Balaban J connectivity index is 2.27. The summed E-state index contributed by atoms with van der Waals surface area (Å²) in [4.78, 5) is 15.6. The molecule has 1 heterocycles. The van der Waals surface area contributed by atoms with Crippen LogP contribution in [0.5, 0.6) is 0 Å². The molecule has 3 nitrogen and oxygen atoms in total.